The lowest BCUT2D eigenvalue weighted by Crippen LogP contribution is -2.43. The van der Waals surface area contributed by atoms with Crippen LogP contribution in [0.25, 0.3) is 0 Å². The van der Waals surface area contributed by atoms with E-state index >= 15 is 0 Å². The summed E-state index contributed by atoms with van der Waals surface area (Å²) in [6, 6.07) is 5.54. The molecule has 2 aliphatic rings. The van der Waals surface area contributed by atoms with Crippen LogP contribution in [0.3, 0.4) is 0 Å². The lowest BCUT2D eigenvalue weighted by Gasteiger charge is -2.36. The standard InChI is InChI=1S/C23H27F3N6O2/c1-13(2)32-22(33-18-6-4-5-17(9-18)23(24,25)26)28-20(29-32)10-19-15-7-8-16(19)12-31(11-15)21-27-14(3)30-34-21/h4-6,9,13,15-16,19H,7-8,10-12H2,1-3H3/t15-,16+,19?. The van der Waals surface area contributed by atoms with Crippen molar-refractivity contribution in [2.75, 3.05) is 18.0 Å². The monoisotopic (exact) mass is 476 g/mol. The van der Waals surface area contributed by atoms with Crippen LogP contribution < -0.4 is 9.64 Å². The maximum atomic E-state index is 13.1. The van der Waals surface area contributed by atoms with Crippen molar-refractivity contribution in [3.05, 3.63) is 41.5 Å². The number of alkyl halides is 3. The van der Waals surface area contributed by atoms with Crippen molar-refractivity contribution in [2.45, 2.75) is 52.3 Å². The first-order valence-corrected chi connectivity index (χ1v) is 11.5. The van der Waals surface area contributed by atoms with Crippen molar-refractivity contribution < 1.29 is 22.4 Å². The predicted molar refractivity (Wildman–Crippen MR) is 117 cm³/mol. The van der Waals surface area contributed by atoms with Gasteiger partial charge in [-0.3, -0.25) is 0 Å². The highest BCUT2D eigenvalue weighted by atomic mass is 19.4. The molecule has 1 saturated carbocycles. The molecule has 1 aromatic carbocycles. The fourth-order valence-electron chi connectivity index (χ4n) is 5.14. The quantitative estimate of drug-likeness (QED) is 0.491. The van der Waals surface area contributed by atoms with Crippen LogP contribution in [0.5, 0.6) is 11.8 Å². The lowest BCUT2D eigenvalue weighted by molar-refractivity contribution is -0.137. The molecule has 182 valence electrons. The van der Waals surface area contributed by atoms with E-state index in [1.807, 2.05) is 20.8 Å². The number of benzene rings is 1. The molecule has 5 rings (SSSR count). The topological polar surface area (TPSA) is 82.1 Å². The Morgan fingerprint density at radius 3 is 2.50 bits per heavy atom. The van der Waals surface area contributed by atoms with Crippen LogP contribution in [0.2, 0.25) is 0 Å². The van der Waals surface area contributed by atoms with Gasteiger partial charge in [-0.2, -0.15) is 28.2 Å². The highest BCUT2D eigenvalue weighted by Gasteiger charge is 2.43. The molecule has 0 amide bonds. The molecule has 8 nitrogen and oxygen atoms in total. The van der Waals surface area contributed by atoms with Crippen molar-refractivity contribution >= 4 is 6.01 Å². The fraction of sp³-hybridized carbons (Fsp3) is 0.565. The van der Waals surface area contributed by atoms with Crippen molar-refractivity contribution in [2.24, 2.45) is 17.8 Å². The zero-order valence-electron chi connectivity index (χ0n) is 19.3. The van der Waals surface area contributed by atoms with E-state index in [4.69, 9.17) is 9.26 Å². The number of rotatable bonds is 6. The molecule has 3 atom stereocenters. The van der Waals surface area contributed by atoms with Gasteiger partial charge in [0.25, 0.3) is 0 Å². The molecule has 0 spiro atoms. The van der Waals surface area contributed by atoms with Gasteiger partial charge in [-0.1, -0.05) is 11.2 Å². The molecule has 3 heterocycles. The van der Waals surface area contributed by atoms with E-state index in [0.717, 1.165) is 38.1 Å². The summed E-state index contributed by atoms with van der Waals surface area (Å²) < 4.78 is 52.0. The van der Waals surface area contributed by atoms with Crippen molar-refractivity contribution in [1.82, 2.24) is 24.9 Å². The first kappa shape index (κ1) is 22.7. The highest BCUT2D eigenvalue weighted by molar-refractivity contribution is 5.32. The minimum Gasteiger partial charge on any atom is -0.424 e. The molecule has 1 aliphatic carbocycles. The van der Waals surface area contributed by atoms with Gasteiger partial charge in [0.15, 0.2) is 11.6 Å². The van der Waals surface area contributed by atoms with Crippen LogP contribution in [-0.4, -0.2) is 38.0 Å². The number of piperidine rings is 1. The van der Waals surface area contributed by atoms with E-state index in [2.05, 4.69) is 25.1 Å². The Balaban J connectivity index is 1.32. The summed E-state index contributed by atoms with van der Waals surface area (Å²) in [7, 11) is 0. The summed E-state index contributed by atoms with van der Waals surface area (Å²) in [4.78, 5) is 11.1. The Kier molecular flexibility index (Phi) is 5.73. The third-order valence-electron chi connectivity index (χ3n) is 6.74. The van der Waals surface area contributed by atoms with Crippen LogP contribution in [-0.2, 0) is 12.6 Å². The second-order valence-electron chi connectivity index (χ2n) is 9.47. The summed E-state index contributed by atoms with van der Waals surface area (Å²) in [5.41, 5.74) is -0.763. The Labute approximate surface area is 195 Å². The summed E-state index contributed by atoms with van der Waals surface area (Å²) in [6.07, 6.45) is -1.50. The minimum absolute atomic E-state index is 0.0543. The number of hydrogen-bond acceptors (Lipinski definition) is 7. The van der Waals surface area contributed by atoms with E-state index in [1.165, 1.54) is 12.1 Å². The van der Waals surface area contributed by atoms with E-state index < -0.39 is 11.7 Å². The lowest BCUT2D eigenvalue weighted by atomic mass is 9.82. The Morgan fingerprint density at radius 2 is 1.88 bits per heavy atom. The second kappa shape index (κ2) is 8.59. The largest absolute Gasteiger partial charge is 0.424 e. The van der Waals surface area contributed by atoms with Gasteiger partial charge in [0, 0.05) is 19.5 Å². The molecule has 11 heteroatoms. The van der Waals surface area contributed by atoms with E-state index in [0.29, 0.717) is 41.8 Å². The molecule has 2 bridgehead atoms. The zero-order chi connectivity index (χ0) is 24.0. The van der Waals surface area contributed by atoms with Gasteiger partial charge < -0.3 is 14.2 Å². The number of fused-ring (bicyclic) bond motifs is 2. The molecule has 3 aromatic rings. The van der Waals surface area contributed by atoms with Gasteiger partial charge in [0.2, 0.25) is 0 Å². The Hall–Kier alpha value is -3.11. The molecule has 1 unspecified atom stereocenters. The van der Waals surface area contributed by atoms with Crippen molar-refractivity contribution in [3.8, 4) is 11.8 Å². The third-order valence-corrected chi connectivity index (χ3v) is 6.74. The highest BCUT2D eigenvalue weighted by Crippen LogP contribution is 2.44. The smallest absolute Gasteiger partial charge is 0.416 e. The molecule has 1 aliphatic heterocycles. The molecule has 0 radical (unpaired) electrons. The molecule has 2 aromatic heterocycles. The summed E-state index contributed by atoms with van der Waals surface area (Å²) in [5.74, 6) is 2.71. The predicted octanol–water partition coefficient (Wildman–Crippen LogP) is 5.07. The van der Waals surface area contributed by atoms with Crippen LogP contribution in [0, 0.1) is 24.7 Å². The zero-order valence-corrected chi connectivity index (χ0v) is 19.3. The average Bonchev–Trinajstić information content (AvgIpc) is 3.44. The number of aromatic nitrogens is 5. The SMILES string of the molecule is Cc1noc(N2C[C@H]3CC[C@@H](C2)C3Cc2nc(Oc3cccc(C(F)(F)F)c3)n(C(C)C)n2)n1. The number of ether oxygens (including phenoxy) is 1. The van der Waals surface area contributed by atoms with Crippen LogP contribution >= 0.6 is 0 Å². The average molecular weight is 477 g/mol. The van der Waals surface area contributed by atoms with E-state index in [-0.39, 0.29) is 17.8 Å². The molecular weight excluding hydrogens is 449 g/mol. The van der Waals surface area contributed by atoms with Crippen LogP contribution in [0.4, 0.5) is 19.2 Å². The van der Waals surface area contributed by atoms with Gasteiger partial charge in [-0.25, -0.2) is 4.68 Å². The number of halogens is 3. The summed E-state index contributed by atoms with van der Waals surface area (Å²) >= 11 is 0. The maximum Gasteiger partial charge on any atom is 0.416 e. The summed E-state index contributed by atoms with van der Waals surface area (Å²) in [5, 5.41) is 8.56. The fourth-order valence-corrected chi connectivity index (χ4v) is 5.14. The van der Waals surface area contributed by atoms with E-state index in [9.17, 15) is 13.2 Å². The summed E-state index contributed by atoms with van der Waals surface area (Å²) in [6.45, 7) is 7.38. The number of hydrogen-bond donors (Lipinski definition) is 0. The van der Waals surface area contributed by atoms with Gasteiger partial charge in [0.05, 0.1) is 11.6 Å². The van der Waals surface area contributed by atoms with Gasteiger partial charge in [-0.15, -0.1) is 0 Å². The normalized spacial score (nSPS) is 22.6. The minimum atomic E-state index is -4.44. The molecule has 34 heavy (non-hydrogen) atoms. The van der Waals surface area contributed by atoms with Crippen molar-refractivity contribution in [1.29, 1.82) is 0 Å². The molecular formula is C23H27F3N6O2. The van der Waals surface area contributed by atoms with Crippen molar-refractivity contribution in [3.63, 3.8) is 0 Å². The van der Waals surface area contributed by atoms with Gasteiger partial charge in [-0.05, 0) is 69.6 Å². The van der Waals surface area contributed by atoms with E-state index in [1.54, 1.807) is 4.68 Å². The molecule has 2 fully saturated rings. The Morgan fingerprint density at radius 1 is 1.15 bits per heavy atom. The molecule has 0 N–H and O–H groups in total. The van der Waals surface area contributed by atoms with Crippen LogP contribution in [0.15, 0.2) is 28.8 Å². The first-order chi connectivity index (χ1) is 16.2. The van der Waals surface area contributed by atoms with Crippen LogP contribution in [0.1, 0.15) is 49.9 Å². The third kappa shape index (κ3) is 4.47. The van der Waals surface area contributed by atoms with Gasteiger partial charge in [0.1, 0.15) is 5.75 Å². The Bertz CT molecular complexity index is 1140. The maximum absolute atomic E-state index is 13.1. The van der Waals surface area contributed by atoms with Gasteiger partial charge >= 0.3 is 18.2 Å². The number of nitrogens with zero attached hydrogens (tertiary/aromatic N) is 6. The first-order valence-electron chi connectivity index (χ1n) is 11.5. The molecule has 1 saturated heterocycles. The second-order valence-corrected chi connectivity index (χ2v) is 9.47. The number of anilines is 1. The number of aryl methyl sites for hydroxylation is 1.